The first-order valence-corrected chi connectivity index (χ1v) is 7.90. The summed E-state index contributed by atoms with van der Waals surface area (Å²) in [4.78, 5) is 2.52. The molecule has 5 N–H and O–H groups in total. The van der Waals surface area contributed by atoms with Gasteiger partial charge in [0.15, 0.2) is 0 Å². The lowest BCUT2D eigenvalue weighted by atomic mass is 9.97. The molecule has 0 aromatic heterocycles. The number of rotatable bonds is 6. The van der Waals surface area contributed by atoms with Crippen LogP contribution in [0.3, 0.4) is 0 Å². The Hall–Kier alpha value is -1.30. The average molecular weight is 291 g/mol. The minimum atomic E-state index is 0.727. The van der Waals surface area contributed by atoms with Crippen LogP contribution in [0.25, 0.3) is 0 Å². The summed E-state index contributed by atoms with van der Waals surface area (Å²) >= 11 is 0. The molecule has 118 valence electrons. The van der Waals surface area contributed by atoms with Crippen LogP contribution in [0, 0.1) is 5.92 Å². The van der Waals surface area contributed by atoms with Gasteiger partial charge in [0.25, 0.3) is 0 Å². The number of nitrogen functional groups attached to an aromatic ring is 1. The highest BCUT2D eigenvalue weighted by molar-refractivity contribution is 5.67. The van der Waals surface area contributed by atoms with Gasteiger partial charge in [-0.2, -0.15) is 0 Å². The molecule has 0 amide bonds. The maximum atomic E-state index is 5.96. The normalized spacial score (nSPS) is 16.4. The number of hydrogen-bond acceptors (Lipinski definition) is 5. The monoisotopic (exact) mass is 291 g/mol. The fourth-order valence-corrected chi connectivity index (χ4v) is 2.99. The van der Waals surface area contributed by atoms with Crippen molar-refractivity contribution in [2.75, 3.05) is 44.0 Å². The van der Waals surface area contributed by atoms with E-state index in [9.17, 15) is 0 Å². The number of piperidine rings is 1. The van der Waals surface area contributed by atoms with Gasteiger partial charge in [-0.05, 0) is 56.1 Å². The Bertz CT molecular complexity index is 440. The first-order valence-electron chi connectivity index (χ1n) is 7.90. The van der Waals surface area contributed by atoms with Crippen LogP contribution in [0.15, 0.2) is 18.2 Å². The lowest BCUT2D eigenvalue weighted by Crippen LogP contribution is -2.36. The standard InChI is InChI=1S/C16H29N5/c1-3-21(11-13-6-8-19-9-7-13)12-14-4-5-15(17)16(10-14)20(2)18/h4-5,10,13,19H,3,6-9,11-12,17-18H2,1-2H3. The molecular formula is C16H29N5. The van der Waals surface area contributed by atoms with Crippen LogP contribution in [-0.2, 0) is 6.54 Å². The molecule has 1 aromatic rings. The molecular weight excluding hydrogens is 262 g/mol. The average Bonchev–Trinajstić information content (AvgIpc) is 2.49. The van der Waals surface area contributed by atoms with E-state index in [2.05, 4.69) is 29.3 Å². The Morgan fingerprint density at radius 1 is 1.29 bits per heavy atom. The van der Waals surface area contributed by atoms with E-state index in [1.807, 2.05) is 13.1 Å². The zero-order chi connectivity index (χ0) is 15.2. The fourth-order valence-electron chi connectivity index (χ4n) is 2.99. The highest BCUT2D eigenvalue weighted by Crippen LogP contribution is 2.23. The van der Waals surface area contributed by atoms with Crippen molar-refractivity contribution >= 4 is 11.4 Å². The molecule has 0 aliphatic carbocycles. The minimum absolute atomic E-state index is 0.727. The van der Waals surface area contributed by atoms with Crippen molar-refractivity contribution in [2.24, 2.45) is 11.8 Å². The molecule has 0 bridgehead atoms. The van der Waals surface area contributed by atoms with Crippen molar-refractivity contribution < 1.29 is 0 Å². The van der Waals surface area contributed by atoms with E-state index in [0.29, 0.717) is 0 Å². The number of nitrogens with two attached hydrogens (primary N) is 2. The highest BCUT2D eigenvalue weighted by atomic mass is 15.4. The molecule has 1 aliphatic rings. The van der Waals surface area contributed by atoms with Gasteiger partial charge in [-0.3, -0.25) is 4.90 Å². The third kappa shape index (κ3) is 4.59. The summed E-state index contributed by atoms with van der Waals surface area (Å²) < 4.78 is 0. The molecule has 1 heterocycles. The van der Waals surface area contributed by atoms with E-state index >= 15 is 0 Å². The SMILES string of the molecule is CCN(Cc1ccc(N)c(N(C)N)c1)CC1CCNCC1. The molecule has 0 unspecified atom stereocenters. The van der Waals surface area contributed by atoms with Crippen molar-refractivity contribution in [2.45, 2.75) is 26.3 Å². The third-order valence-corrected chi connectivity index (χ3v) is 4.30. The molecule has 2 rings (SSSR count). The molecule has 0 atom stereocenters. The van der Waals surface area contributed by atoms with E-state index in [1.165, 1.54) is 24.9 Å². The molecule has 5 nitrogen and oxygen atoms in total. The predicted octanol–water partition coefficient (Wildman–Crippen LogP) is 1.40. The second-order valence-electron chi connectivity index (χ2n) is 6.03. The summed E-state index contributed by atoms with van der Waals surface area (Å²) in [5, 5.41) is 5.02. The smallest absolute Gasteiger partial charge is 0.0746 e. The zero-order valence-corrected chi connectivity index (χ0v) is 13.3. The van der Waals surface area contributed by atoms with Gasteiger partial charge in [0.05, 0.1) is 11.4 Å². The molecule has 1 saturated heterocycles. The second kappa shape index (κ2) is 7.64. The highest BCUT2D eigenvalue weighted by Gasteiger charge is 2.16. The third-order valence-electron chi connectivity index (χ3n) is 4.30. The first-order chi connectivity index (χ1) is 10.1. The number of benzene rings is 1. The van der Waals surface area contributed by atoms with E-state index in [-0.39, 0.29) is 0 Å². The van der Waals surface area contributed by atoms with Gasteiger partial charge >= 0.3 is 0 Å². The van der Waals surface area contributed by atoms with E-state index < -0.39 is 0 Å². The summed E-state index contributed by atoms with van der Waals surface area (Å²) in [5.41, 5.74) is 8.85. The lowest BCUT2D eigenvalue weighted by Gasteiger charge is -2.29. The predicted molar refractivity (Wildman–Crippen MR) is 90.0 cm³/mol. The number of hydrogen-bond donors (Lipinski definition) is 3. The van der Waals surface area contributed by atoms with Gasteiger partial charge < -0.3 is 16.1 Å². The largest absolute Gasteiger partial charge is 0.397 e. The van der Waals surface area contributed by atoms with Crippen molar-refractivity contribution in [3.8, 4) is 0 Å². The Balaban J connectivity index is 1.99. The maximum absolute atomic E-state index is 5.96. The van der Waals surface area contributed by atoms with Crippen LogP contribution in [0.2, 0.25) is 0 Å². The van der Waals surface area contributed by atoms with Gasteiger partial charge in [-0.25, -0.2) is 5.84 Å². The van der Waals surface area contributed by atoms with Gasteiger partial charge in [-0.1, -0.05) is 13.0 Å². The Kier molecular flexibility index (Phi) is 5.85. The number of nitrogens with one attached hydrogen (secondary N) is 1. The van der Waals surface area contributed by atoms with Crippen LogP contribution in [-0.4, -0.2) is 38.1 Å². The van der Waals surface area contributed by atoms with Crippen LogP contribution < -0.4 is 21.9 Å². The van der Waals surface area contributed by atoms with Crippen molar-refractivity contribution in [1.29, 1.82) is 0 Å². The molecule has 5 heteroatoms. The van der Waals surface area contributed by atoms with Crippen molar-refractivity contribution in [3.05, 3.63) is 23.8 Å². The lowest BCUT2D eigenvalue weighted by molar-refractivity contribution is 0.207. The van der Waals surface area contributed by atoms with Gasteiger partial charge in [0.1, 0.15) is 0 Å². The molecule has 0 spiro atoms. The summed E-state index contributed by atoms with van der Waals surface area (Å²) in [6, 6.07) is 6.15. The second-order valence-corrected chi connectivity index (χ2v) is 6.03. The van der Waals surface area contributed by atoms with Crippen molar-refractivity contribution in [1.82, 2.24) is 10.2 Å². The maximum Gasteiger partial charge on any atom is 0.0746 e. The van der Waals surface area contributed by atoms with E-state index in [1.54, 1.807) is 5.01 Å². The quantitative estimate of drug-likeness (QED) is 0.420. The van der Waals surface area contributed by atoms with Gasteiger partial charge in [-0.15, -0.1) is 0 Å². The Morgan fingerprint density at radius 2 is 2.00 bits per heavy atom. The molecule has 0 saturated carbocycles. The summed E-state index contributed by atoms with van der Waals surface area (Å²) in [7, 11) is 1.82. The fraction of sp³-hybridized carbons (Fsp3) is 0.625. The van der Waals surface area contributed by atoms with Crippen LogP contribution >= 0.6 is 0 Å². The topological polar surface area (TPSA) is 70.5 Å². The number of hydrazine groups is 1. The molecule has 0 radical (unpaired) electrons. The van der Waals surface area contributed by atoms with E-state index in [0.717, 1.165) is 43.5 Å². The number of nitrogens with zero attached hydrogens (tertiary/aromatic N) is 2. The van der Waals surface area contributed by atoms with Crippen molar-refractivity contribution in [3.63, 3.8) is 0 Å². The first kappa shape index (κ1) is 16.1. The van der Waals surface area contributed by atoms with Crippen LogP contribution in [0.4, 0.5) is 11.4 Å². The Morgan fingerprint density at radius 3 is 2.62 bits per heavy atom. The molecule has 1 fully saturated rings. The summed E-state index contributed by atoms with van der Waals surface area (Å²) in [6.07, 6.45) is 2.57. The molecule has 21 heavy (non-hydrogen) atoms. The zero-order valence-electron chi connectivity index (χ0n) is 13.3. The minimum Gasteiger partial charge on any atom is -0.397 e. The molecule has 1 aliphatic heterocycles. The summed E-state index contributed by atoms with van der Waals surface area (Å²) in [5.74, 6) is 6.65. The van der Waals surface area contributed by atoms with Crippen LogP contribution in [0.5, 0.6) is 0 Å². The van der Waals surface area contributed by atoms with Crippen LogP contribution in [0.1, 0.15) is 25.3 Å². The Labute approximate surface area is 128 Å². The van der Waals surface area contributed by atoms with E-state index in [4.69, 9.17) is 11.6 Å². The van der Waals surface area contributed by atoms with Gasteiger partial charge in [0, 0.05) is 20.1 Å². The van der Waals surface area contributed by atoms with Gasteiger partial charge in [0.2, 0.25) is 0 Å². The number of anilines is 2. The summed E-state index contributed by atoms with van der Waals surface area (Å²) in [6.45, 7) is 7.76. The molecule has 1 aromatic carbocycles.